The number of Topliss-reactive ketones (excluding diaryl/α,β-unsaturated/α-hetero) is 1. The van der Waals surface area contributed by atoms with E-state index in [1.54, 1.807) is 4.90 Å². The van der Waals surface area contributed by atoms with Crippen LogP contribution in [0, 0.1) is 11.3 Å². The van der Waals surface area contributed by atoms with Gasteiger partial charge in [0, 0.05) is 33.5 Å². The largest absolute Gasteiger partial charge is 0.384 e. The number of carbonyl (C=O) groups excluding carboxylic acids is 2. The van der Waals surface area contributed by atoms with Gasteiger partial charge in [-0.25, -0.2) is 4.98 Å². The van der Waals surface area contributed by atoms with Crippen LogP contribution in [0.25, 0.3) is 11.3 Å². The van der Waals surface area contributed by atoms with Crippen molar-refractivity contribution in [2.45, 2.75) is 29.5 Å². The van der Waals surface area contributed by atoms with E-state index in [0.29, 0.717) is 45.0 Å². The van der Waals surface area contributed by atoms with E-state index in [2.05, 4.69) is 26.6 Å². The Morgan fingerprint density at radius 1 is 1.18 bits per heavy atom. The van der Waals surface area contributed by atoms with Crippen LogP contribution in [0.2, 0.25) is 0 Å². The van der Waals surface area contributed by atoms with Gasteiger partial charge in [0.1, 0.15) is 5.82 Å². The van der Waals surface area contributed by atoms with Crippen molar-refractivity contribution in [1.29, 1.82) is 5.26 Å². The summed E-state index contributed by atoms with van der Waals surface area (Å²) < 4.78 is 0.574. The highest BCUT2D eigenvalue weighted by molar-refractivity contribution is 8.01. The number of rotatable bonds is 7. The summed E-state index contributed by atoms with van der Waals surface area (Å²) in [6.45, 7) is 0. The molecule has 1 aromatic carbocycles. The Morgan fingerprint density at radius 2 is 2.02 bits per heavy atom. The molecule has 0 radical (unpaired) electrons. The lowest BCUT2D eigenvalue weighted by atomic mass is 9.78. The van der Waals surface area contributed by atoms with E-state index < -0.39 is 5.92 Å². The van der Waals surface area contributed by atoms with Crippen LogP contribution in [-0.4, -0.2) is 32.6 Å². The van der Waals surface area contributed by atoms with Crippen molar-refractivity contribution in [3.8, 4) is 17.3 Å². The first-order valence-corrected chi connectivity index (χ1v) is 15.9. The maximum absolute atomic E-state index is 13.2. The SMILES string of the molecule is N#CC1=C(N)N(c2nnc(SCC(=O)Nc3nc(-c4ccccc4)cs3)s2)C2=C(C(=O)CCC2)C1c1cccs1. The van der Waals surface area contributed by atoms with Crippen LogP contribution >= 0.6 is 45.8 Å². The molecule has 0 fully saturated rings. The summed E-state index contributed by atoms with van der Waals surface area (Å²) in [6, 6.07) is 15.9. The molecule has 1 atom stereocenters. The van der Waals surface area contributed by atoms with Crippen LogP contribution in [-0.2, 0) is 9.59 Å². The highest BCUT2D eigenvalue weighted by Gasteiger charge is 2.41. The van der Waals surface area contributed by atoms with E-state index in [4.69, 9.17) is 5.73 Å². The summed E-state index contributed by atoms with van der Waals surface area (Å²) in [7, 11) is 0. The van der Waals surface area contributed by atoms with Gasteiger partial charge in [-0.15, -0.1) is 32.9 Å². The van der Waals surface area contributed by atoms with E-state index >= 15 is 0 Å². The molecule has 4 heterocycles. The third kappa shape index (κ3) is 5.06. The molecule has 0 spiro atoms. The van der Waals surface area contributed by atoms with Gasteiger partial charge in [-0.3, -0.25) is 14.5 Å². The van der Waals surface area contributed by atoms with Gasteiger partial charge < -0.3 is 11.1 Å². The lowest BCUT2D eigenvalue weighted by Crippen LogP contribution is -2.38. The van der Waals surface area contributed by atoms with Crippen LogP contribution < -0.4 is 16.0 Å². The minimum Gasteiger partial charge on any atom is -0.384 e. The molecule has 0 saturated carbocycles. The Kier molecular flexibility index (Phi) is 7.48. The molecule has 0 bridgehead atoms. The Labute approximate surface area is 246 Å². The molecular formula is C27H21N7O2S4. The summed E-state index contributed by atoms with van der Waals surface area (Å²) in [6.07, 6.45) is 1.78. The second-order valence-corrected chi connectivity index (χ2v) is 12.9. The van der Waals surface area contributed by atoms with Gasteiger partial charge >= 0.3 is 0 Å². The number of amides is 1. The molecule has 3 N–H and O–H groups in total. The number of benzene rings is 1. The summed E-state index contributed by atoms with van der Waals surface area (Å²) in [5.74, 6) is -0.267. The van der Waals surface area contributed by atoms with Gasteiger partial charge in [0.2, 0.25) is 11.0 Å². The highest BCUT2D eigenvalue weighted by atomic mass is 32.2. The lowest BCUT2D eigenvalue weighted by molar-refractivity contribution is -0.116. The second-order valence-electron chi connectivity index (χ2n) is 8.92. The van der Waals surface area contributed by atoms with Gasteiger partial charge in [-0.05, 0) is 24.3 Å². The number of thiophene rings is 1. The molecule has 6 rings (SSSR count). The molecule has 40 heavy (non-hydrogen) atoms. The van der Waals surface area contributed by atoms with Crippen LogP contribution in [0.1, 0.15) is 30.1 Å². The number of hydrogen-bond acceptors (Lipinski definition) is 12. The van der Waals surface area contributed by atoms with Gasteiger partial charge in [0.25, 0.3) is 0 Å². The predicted octanol–water partition coefficient (Wildman–Crippen LogP) is 5.76. The summed E-state index contributed by atoms with van der Waals surface area (Å²) in [4.78, 5) is 32.9. The smallest absolute Gasteiger partial charge is 0.236 e. The number of hydrogen-bond donors (Lipinski definition) is 2. The predicted molar refractivity (Wildman–Crippen MR) is 159 cm³/mol. The van der Waals surface area contributed by atoms with Crippen molar-refractivity contribution >= 4 is 67.7 Å². The average Bonchev–Trinajstić information content (AvgIpc) is 3.75. The van der Waals surface area contributed by atoms with Gasteiger partial charge in [0.05, 0.1) is 29.0 Å². The number of carbonyl (C=O) groups is 2. The van der Waals surface area contributed by atoms with E-state index in [1.165, 1.54) is 45.8 Å². The molecule has 1 amide bonds. The Morgan fingerprint density at radius 3 is 2.80 bits per heavy atom. The number of allylic oxidation sites excluding steroid dienone is 3. The zero-order valence-corrected chi connectivity index (χ0v) is 24.1. The van der Waals surface area contributed by atoms with Crippen molar-refractivity contribution in [1.82, 2.24) is 15.2 Å². The summed E-state index contributed by atoms with van der Waals surface area (Å²) in [5, 5.41) is 26.3. The third-order valence-electron chi connectivity index (χ3n) is 6.47. The number of thioether (sulfide) groups is 1. The number of anilines is 2. The van der Waals surface area contributed by atoms with Crippen molar-refractivity contribution < 1.29 is 9.59 Å². The Bertz CT molecular complexity index is 1680. The monoisotopic (exact) mass is 603 g/mol. The molecule has 1 aliphatic heterocycles. The molecule has 1 aliphatic carbocycles. The average molecular weight is 604 g/mol. The lowest BCUT2D eigenvalue weighted by Gasteiger charge is -2.37. The van der Waals surface area contributed by atoms with Crippen molar-refractivity contribution in [3.05, 3.63) is 80.8 Å². The number of nitrogens with two attached hydrogens (primary N) is 1. The Hall–Kier alpha value is -3.83. The van der Waals surface area contributed by atoms with Crippen molar-refractivity contribution in [3.63, 3.8) is 0 Å². The first kappa shape index (κ1) is 26.4. The van der Waals surface area contributed by atoms with Crippen molar-refractivity contribution in [2.75, 3.05) is 16.0 Å². The Balaban J connectivity index is 1.19. The van der Waals surface area contributed by atoms with E-state index in [-0.39, 0.29) is 23.3 Å². The van der Waals surface area contributed by atoms with E-state index in [1.807, 2.05) is 53.2 Å². The van der Waals surface area contributed by atoms with Crippen LogP contribution in [0.15, 0.2) is 80.2 Å². The molecule has 0 saturated heterocycles. The minimum absolute atomic E-state index is 0.0262. The van der Waals surface area contributed by atoms with E-state index in [0.717, 1.165) is 21.8 Å². The summed E-state index contributed by atoms with van der Waals surface area (Å²) in [5.41, 5.74) is 10.1. The molecule has 9 nitrogen and oxygen atoms in total. The second kappa shape index (κ2) is 11.3. The van der Waals surface area contributed by atoms with Gasteiger partial charge in [-0.1, -0.05) is 59.5 Å². The molecule has 13 heteroatoms. The summed E-state index contributed by atoms with van der Waals surface area (Å²) >= 11 is 5.39. The number of thiazole rings is 1. The zero-order chi connectivity index (χ0) is 27.6. The number of nitriles is 1. The molecule has 1 unspecified atom stereocenters. The first-order chi connectivity index (χ1) is 19.5. The number of nitrogens with zero attached hydrogens (tertiary/aromatic N) is 5. The standard InChI is InChI=1S/C27H21N7O2S4/c28-12-16-22(20-10-5-11-37-20)23-18(8-4-9-19(23)35)34(24(16)29)26-32-33-27(40-26)39-14-21(36)31-25-30-17(13-38-25)15-6-2-1-3-7-15/h1-3,5-7,10-11,13,22H,4,8-9,14,29H2,(H,30,31,36). The highest BCUT2D eigenvalue weighted by Crippen LogP contribution is 2.48. The molecule has 2 aliphatic rings. The maximum atomic E-state index is 13.2. The van der Waals surface area contributed by atoms with Gasteiger partial charge in [0.15, 0.2) is 15.3 Å². The normalized spacial score (nSPS) is 17.1. The maximum Gasteiger partial charge on any atom is 0.236 e. The number of aromatic nitrogens is 3. The fourth-order valence-electron chi connectivity index (χ4n) is 4.75. The van der Waals surface area contributed by atoms with Gasteiger partial charge in [-0.2, -0.15) is 5.26 Å². The fraction of sp³-hybridized carbons (Fsp3) is 0.185. The van der Waals surface area contributed by atoms with Crippen LogP contribution in [0.4, 0.5) is 10.3 Å². The zero-order valence-electron chi connectivity index (χ0n) is 20.9. The first-order valence-electron chi connectivity index (χ1n) is 12.3. The van der Waals surface area contributed by atoms with Crippen molar-refractivity contribution in [2.24, 2.45) is 5.73 Å². The fourth-order valence-corrected chi connectivity index (χ4v) is 8.01. The quantitative estimate of drug-likeness (QED) is 0.253. The molecule has 4 aromatic rings. The van der Waals surface area contributed by atoms with Crippen LogP contribution in [0.5, 0.6) is 0 Å². The minimum atomic E-state index is -0.470. The molecule has 200 valence electrons. The van der Waals surface area contributed by atoms with Crippen LogP contribution in [0.3, 0.4) is 0 Å². The number of ketones is 1. The molecular weight excluding hydrogens is 583 g/mol. The topological polar surface area (TPSA) is 138 Å². The van der Waals surface area contributed by atoms with E-state index in [9.17, 15) is 14.9 Å². The molecule has 3 aromatic heterocycles. The third-order valence-corrected chi connectivity index (χ3v) is 10.2. The number of nitrogens with one attached hydrogen (secondary N) is 1.